The van der Waals surface area contributed by atoms with Gasteiger partial charge < -0.3 is 5.11 Å². The lowest BCUT2D eigenvalue weighted by Crippen LogP contribution is -2.42. The van der Waals surface area contributed by atoms with Crippen molar-refractivity contribution in [1.82, 2.24) is 9.88 Å². The molecule has 0 unspecified atom stereocenters. The first-order valence-electron chi connectivity index (χ1n) is 8.70. The van der Waals surface area contributed by atoms with Crippen LogP contribution in [0, 0.1) is 0 Å². The van der Waals surface area contributed by atoms with Crippen LogP contribution in [0.4, 0.5) is 5.13 Å². The molecule has 0 bridgehead atoms. The first kappa shape index (κ1) is 20.3. The molecule has 1 aromatic carbocycles. The molecule has 1 aliphatic rings. The number of hydrogen-bond donors (Lipinski definition) is 1. The molecule has 3 rings (SSSR count). The van der Waals surface area contributed by atoms with Crippen molar-refractivity contribution in [3.63, 3.8) is 0 Å². The number of aromatic nitrogens is 1. The normalized spacial score (nSPS) is 13.8. The van der Waals surface area contributed by atoms with Crippen molar-refractivity contribution in [1.29, 1.82) is 0 Å². The first-order chi connectivity index (χ1) is 13.0. The fraction of sp³-hybridized carbons (Fsp3) is 0.368. The van der Waals surface area contributed by atoms with Gasteiger partial charge in [0, 0.05) is 30.1 Å². The summed E-state index contributed by atoms with van der Waals surface area (Å²) in [7, 11) is 0. The summed E-state index contributed by atoms with van der Waals surface area (Å²) in [4.78, 5) is 21.2. The number of hydrogen-bond acceptors (Lipinski definition) is 5. The molecule has 1 heterocycles. The molecule has 5 nitrogen and oxygen atoms in total. The molecule has 2 aromatic rings. The van der Waals surface area contributed by atoms with Crippen LogP contribution in [-0.4, -0.2) is 53.2 Å². The minimum Gasteiger partial charge on any atom is -0.395 e. The number of benzene rings is 1. The van der Waals surface area contributed by atoms with Crippen molar-refractivity contribution < 1.29 is 9.90 Å². The van der Waals surface area contributed by atoms with E-state index in [0.717, 1.165) is 24.1 Å². The Kier molecular flexibility index (Phi) is 6.89. The second-order valence-corrected chi connectivity index (χ2v) is 8.01. The van der Waals surface area contributed by atoms with Gasteiger partial charge in [0.1, 0.15) is 0 Å². The van der Waals surface area contributed by atoms with Gasteiger partial charge in [-0.1, -0.05) is 35.3 Å². The van der Waals surface area contributed by atoms with E-state index >= 15 is 0 Å². The molecule has 144 valence electrons. The van der Waals surface area contributed by atoms with Crippen molar-refractivity contribution in [3.8, 4) is 11.3 Å². The van der Waals surface area contributed by atoms with E-state index in [-0.39, 0.29) is 19.1 Å². The number of thiazole rings is 1. The van der Waals surface area contributed by atoms with E-state index in [1.165, 1.54) is 11.3 Å². The van der Waals surface area contributed by atoms with Gasteiger partial charge in [0.05, 0.1) is 28.9 Å². The van der Waals surface area contributed by atoms with Gasteiger partial charge >= 0.3 is 0 Å². The molecule has 1 aromatic heterocycles. The number of amides is 1. The summed E-state index contributed by atoms with van der Waals surface area (Å²) in [6, 6.07) is 5.74. The zero-order valence-corrected chi connectivity index (χ0v) is 17.1. The third kappa shape index (κ3) is 5.09. The van der Waals surface area contributed by atoms with Crippen LogP contribution in [0.25, 0.3) is 11.3 Å². The summed E-state index contributed by atoms with van der Waals surface area (Å²) in [5, 5.41) is 12.7. The number of aliphatic hydroxyl groups is 1. The standard InChI is InChI=1S/C19H21Cl2N3O2S/c1-2-7-24(18(26)11-23(8-9-25)14-4-5-14)19-22-17(12-27-19)13-3-6-15(20)16(21)10-13/h2-3,6,10,12,14,25H,1,4-5,7-9,11H2. The van der Waals surface area contributed by atoms with Crippen molar-refractivity contribution in [2.45, 2.75) is 18.9 Å². The van der Waals surface area contributed by atoms with E-state index < -0.39 is 0 Å². The third-order valence-electron chi connectivity index (χ3n) is 4.34. The van der Waals surface area contributed by atoms with Gasteiger partial charge in [-0.05, 0) is 25.0 Å². The molecule has 0 spiro atoms. The number of halogens is 2. The third-order valence-corrected chi connectivity index (χ3v) is 5.94. The average molecular weight is 426 g/mol. The highest BCUT2D eigenvalue weighted by molar-refractivity contribution is 7.14. The van der Waals surface area contributed by atoms with Crippen LogP contribution >= 0.6 is 34.5 Å². The summed E-state index contributed by atoms with van der Waals surface area (Å²) in [6.07, 6.45) is 3.84. The number of carbonyl (C=O) groups is 1. The molecule has 1 N–H and O–H groups in total. The lowest BCUT2D eigenvalue weighted by molar-refractivity contribution is -0.119. The summed E-state index contributed by atoms with van der Waals surface area (Å²) >= 11 is 13.5. The zero-order chi connectivity index (χ0) is 19.4. The van der Waals surface area contributed by atoms with E-state index in [1.54, 1.807) is 23.1 Å². The quantitative estimate of drug-likeness (QED) is 0.614. The van der Waals surface area contributed by atoms with Gasteiger partial charge in [0.15, 0.2) is 5.13 Å². The van der Waals surface area contributed by atoms with E-state index in [0.29, 0.717) is 34.3 Å². The Morgan fingerprint density at radius 3 is 2.78 bits per heavy atom. The molecule has 0 atom stereocenters. The maximum atomic E-state index is 12.9. The van der Waals surface area contributed by atoms with Crippen molar-refractivity contribution >= 4 is 45.6 Å². The number of nitrogens with zero attached hydrogens (tertiary/aromatic N) is 3. The summed E-state index contributed by atoms with van der Waals surface area (Å²) in [5.41, 5.74) is 1.59. The van der Waals surface area contributed by atoms with Crippen LogP contribution in [0.15, 0.2) is 36.2 Å². The van der Waals surface area contributed by atoms with Gasteiger partial charge in [-0.2, -0.15) is 0 Å². The highest BCUT2D eigenvalue weighted by atomic mass is 35.5. The number of anilines is 1. The SMILES string of the molecule is C=CCN(C(=O)CN(CCO)C1CC1)c1nc(-c2ccc(Cl)c(Cl)c2)cs1. The number of carbonyl (C=O) groups excluding carboxylic acids is 1. The highest BCUT2D eigenvalue weighted by Crippen LogP contribution is 2.32. The van der Waals surface area contributed by atoms with Crippen molar-refractivity contribution in [3.05, 3.63) is 46.3 Å². The van der Waals surface area contributed by atoms with Crippen molar-refractivity contribution in [2.24, 2.45) is 0 Å². The van der Waals surface area contributed by atoms with Crippen LogP contribution in [0.3, 0.4) is 0 Å². The molecule has 8 heteroatoms. The van der Waals surface area contributed by atoms with Crippen LogP contribution < -0.4 is 4.90 Å². The van der Waals surface area contributed by atoms with Gasteiger partial charge in [-0.25, -0.2) is 4.98 Å². The maximum absolute atomic E-state index is 12.9. The Balaban J connectivity index is 1.78. The second-order valence-electron chi connectivity index (χ2n) is 6.36. The molecule has 0 radical (unpaired) electrons. The Hall–Kier alpha value is -1.44. The second kappa shape index (κ2) is 9.17. The predicted molar refractivity (Wildman–Crippen MR) is 112 cm³/mol. The average Bonchev–Trinajstić information content (AvgIpc) is 3.39. The van der Waals surface area contributed by atoms with Crippen molar-refractivity contribution in [2.75, 3.05) is 31.1 Å². The Labute approximate surface area is 172 Å². The Bertz CT molecular complexity index is 823. The van der Waals surface area contributed by atoms with E-state index in [9.17, 15) is 9.90 Å². The lowest BCUT2D eigenvalue weighted by Gasteiger charge is -2.24. The van der Waals surface area contributed by atoms with Gasteiger partial charge in [0.25, 0.3) is 0 Å². The Morgan fingerprint density at radius 1 is 1.37 bits per heavy atom. The smallest absolute Gasteiger partial charge is 0.243 e. The fourth-order valence-electron chi connectivity index (χ4n) is 2.81. The monoisotopic (exact) mass is 425 g/mol. The molecule has 27 heavy (non-hydrogen) atoms. The summed E-state index contributed by atoms with van der Waals surface area (Å²) in [6.45, 7) is 4.95. The first-order valence-corrected chi connectivity index (χ1v) is 10.3. The zero-order valence-electron chi connectivity index (χ0n) is 14.8. The molecular weight excluding hydrogens is 405 g/mol. The molecular formula is C19H21Cl2N3O2S. The largest absolute Gasteiger partial charge is 0.395 e. The lowest BCUT2D eigenvalue weighted by atomic mass is 10.2. The number of aliphatic hydroxyl groups excluding tert-OH is 1. The molecule has 1 amide bonds. The molecule has 0 saturated heterocycles. The topological polar surface area (TPSA) is 56.7 Å². The van der Waals surface area contributed by atoms with Gasteiger partial charge in [0.2, 0.25) is 5.91 Å². The van der Waals surface area contributed by atoms with E-state index in [4.69, 9.17) is 23.2 Å². The highest BCUT2D eigenvalue weighted by Gasteiger charge is 2.31. The molecule has 1 aliphatic carbocycles. The van der Waals surface area contributed by atoms with Crippen LogP contribution in [0.5, 0.6) is 0 Å². The van der Waals surface area contributed by atoms with Gasteiger partial charge in [-0.3, -0.25) is 14.6 Å². The minimum atomic E-state index is -0.0507. The van der Waals surface area contributed by atoms with Crippen LogP contribution in [-0.2, 0) is 4.79 Å². The van der Waals surface area contributed by atoms with Crippen LogP contribution in [0.2, 0.25) is 10.0 Å². The predicted octanol–water partition coefficient (Wildman–Crippen LogP) is 4.09. The molecule has 1 saturated carbocycles. The summed E-state index contributed by atoms with van der Waals surface area (Å²) < 4.78 is 0. The minimum absolute atomic E-state index is 0.0456. The van der Waals surface area contributed by atoms with Gasteiger partial charge in [-0.15, -0.1) is 17.9 Å². The maximum Gasteiger partial charge on any atom is 0.243 e. The number of rotatable bonds is 9. The van der Waals surface area contributed by atoms with E-state index in [1.807, 2.05) is 16.3 Å². The molecule has 1 fully saturated rings. The Morgan fingerprint density at radius 2 is 2.15 bits per heavy atom. The van der Waals surface area contributed by atoms with Crippen LogP contribution in [0.1, 0.15) is 12.8 Å². The van der Waals surface area contributed by atoms with E-state index in [2.05, 4.69) is 11.6 Å². The molecule has 0 aliphatic heterocycles. The summed E-state index contributed by atoms with van der Waals surface area (Å²) in [5.74, 6) is -0.0507. The fourth-order valence-corrected chi connectivity index (χ4v) is 3.97.